The first-order chi connectivity index (χ1) is 10.0. The van der Waals surface area contributed by atoms with Gasteiger partial charge in [0.1, 0.15) is 0 Å². The first-order valence-electron chi connectivity index (χ1n) is 7.80. The van der Waals surface area contributed by atoms with Crippen molar-refractivity contribution < 1.29 is 0 Å². The second-order valence-corrected chi connectivity index (χ2v) is 6.02. The quantitative estimate of drug-likeness (QED) is 0.878. The fraction of sp³-hybridized carbons (Fsp3) is 0.500. The van der Waals surface area contributed by atoms with Crippen molar-refractivity contribution in [1.82, 2.24) is 15.1 Å². The Morgan fingerprint density at radius 3 is 2.33 bits per heavy atom. The minimum atomic E-state index is 0.333. The summed E-state index contributed by atoms with van der Waals surface area (Å²) in [5.41, 5.74) is 6.62. The normalized spacial score (nSPS) is 12.6. The molecule has 2 rings (SSSR count). The van der Waals surface area contributed by atoms with Gasteiger partial charge in [0.05, 0.1) is 6.20 Å². The van der Waals surface area contributed by atoms with Crippen LogP contribution in [0.15, 0.2) is 24.4 Å². The summed E-state index contributed by atoms with van der Waals surface area (Å²) in [5.74, 6) is 0. The summed E-state index contributed by atoms with van der Waals surface area (Å²) in [6, 6.07) is 7.14. The number of nitrogens with zero attached hydrogens (tertiary/aromatic N) is 2. The van der Waals surface area contributed by atoms with Crippen molar-refractivity contribution in [3.63, 3.8) is 0 Å². The third-order valence-corrected chi connectivity index (χ3v) is 4.01. The second kappa shape index (κ2) is 6.90. The fourth-order valence-corrected chi connectivity index (χ4v) is 2.89. The van der Waals surface area contributed by atoms with Gasteiger partial charge in [-0.15, -0.1) is 0 Å². The summed E-state index contributed by atoms with van der Waals surface area (Å²) >= 11 is 0. The highest BCUT2D eigenvalue weighted by atomic mass is 15.3. The van der Waals surface area contributed by atoms with Crippen LogP contribution < -0.4 is 5.32 Å². The van der Waals surface area contributed by atoms with Gasteiger partial charge in [0.15, 0.2) is 0 Å². The van der Waals surface area contributed by atoms with E-state index in [4.69, 9.17) is 0 Å². The first-order valence-corrected chi connectivity index (χ1v) is 7.80. The Hall–Kier alpha value is -1.61. The molecule has 1 atom stereocenters. The van der Waals surface area contributed by atoms with Crippen molar-refractivity contribution >= 4 is 0 Å². The Labute approximate surface area is 128 Å². The molecule has 1 aromatic carbocycles. The molecule has 0 saturated carbocycles. The Morgan fingerprint density at radius 2 is 1.81 bits per heavy atom. The minimum Gasteiger partial charge on any atom is -0.310 e. The fourth-order valence-electron chi connectivity index (χ4n) is 2.89. The summed E-state index contributed by atoms with van der Waals surface area (Å²) in [6.07, 6.45) is 4.16. The van der Waals surface area contributed by atoms with E-state index in [0.29, 0.717) is 6.04 Å². The molecule has 0 amide bonds. The van der Waals surface area contributed by atoms with Crippen molar-refractivity contribution in [2.24, 2.45) is 7.05 Å². The van der Waals surface area contributed by atoms with Crippen LogP contribution in [0.4, 0.5) is 0 Å². The predicted octanol–water partition coefficient (Wildman–Crippen LogP) is 3.63. The zero-order valence-corrected chi connectivity index (χ0v) is 13.9. The van der Waals surface area contributed by atoms with Crippen molar-refractivity contribution in [2.75, 3.05) is 6.54 Å². The van der Waals surface area contributed by atoms with E-state index in [2.05, 4.69) is 56.3 Å². The van der Waals surface area contributed by atoms with Gasteiger partial charge in [-0.05, 0) is 45.7 Å². The highest BCUT2D eigenvalue weighted by Crippen LogP contribution is 2.22. The van der Waals surface area contributed by atoms with E-state index >= 15 is 0 Å². The maximum Gasteiger partial charge on any atom is 0.0540 e. The molecule has 1 aromatic heterocycles. The first kappa shape index (κ1) is 15.8. The van der Waals surface area contributed by atoms with Gasteiger partial charge in [0.2, 0.25) is 0 Å². The number of hydrogen-bond acceptors (Lipinski definition) is 2. The number of benzene rings is 1. The average molecular weight is 285 g/mol. The molecule has 0 bridgehead atoms. The Bertz CT molecular complexity index is 578. The van der Waals surface area contributed by atoms with Crippen molar-refractivity contribution in [2.45, 2.75) is 46.6 Å². The third kappa shape index (κ3) is 3.94. The molecule has 0 aliphatic carbocycles. The molecule has 0 aliphatic heterocycles. The molecule has 0 spiro atoms. The van der Waals surface area contributed by atoms with E-state index in [1.165, 1.54) is 27.9 Å². The topological polar surface area (TPSA) is 29.9 Å². The summed E-state index contributed by atoms with van der Waals surface area (Å²) < 4.78 is 1.96. The number of nitrogens with one attached hydrogen (secondary N) is 1. The predicted molar refractivity (Wildman–Crippen MR) is 88.6 cm³/mol. The molecule has 0 fully saturated rings. The number of hydrogen-bond donors (Lipinski definition) is 1. The highest BCUT2D eigenvalue weighted by molar-refractivity contribution is 5.31. The lowest BCUT2D eigenvalue weighted by molar-refractivity contribution is 0.526. The van der Waals surface area contributed by atoms with E-state index in [0.717, 1.165) is 19.4 Å². The smallest absolute Gasteiger partial charge is 0.0540 e. The summed E-state index contributed by atoms with van der Waals surface area (Å²) in [6.45, 7) is 9.71. The van der Waals surface area contributed by atoms with Gasteiger partial charge in [-0.2, -0.15) is 5.10 Å². The monoisotopic (exact) mass is 285 g/mol. The van der Waals surface area contributed by atoms with Gasteiger partial charge in [-0.1, -0.05) is 36.2 Å². The molecule has 114 valence electrons. The number of aromatic nitrogens is 2. The van der Waals surface area contributed by atoms with Gasteiger partial charge >= 0.3 is 0 Å². The Morgan fingerprint density at radius 1 is 1.14 bits per heavy atom. The molecular weight excluding hydrogens is 258 g/mol. The number of aryl methyl sites for hydroxylation is 3. The van der Waals surface area contributed by atoms with Crippen LogP contribution in [0, 0.1) is 20.8 Å². The zero-order valence-electron chi connectivity index (χ0n) is 13.9. The van der Waals surface area contributed by atoms with Crippen molar-refractivity contribution in [3.8, 4) is 0 Å². The third-order valence-electron chi connectivity index (χ3n) is 4.01. The maximum absolute atomic E-state index is 4.40. The molecule has 21 heavy (non-hydrogen) atoms. The molecule has 0 aliphatic rings. The second-order valence-electron chi connectivity index (χ2n) is 6.02. The zero-order chi connectivity index (χ0) is 15.4. The van der Waals surface area contributed by atoms with E-state index in [1.807, 2.05) is 17.9 Å². The molecule has 2 aromatic rings. The minimum absolute atomic E-state index is 0.333. The molecule has 1 N–H and O–H groups in total. The molecule has 1 heterocycles. The van der Waals surface area contributed by atoms with Crippen LogP contribution in [0.2, 0.25) is 0 Å². The van der Waals surface area contributed by atoms with Gasteiger partial charge < -0.3 is 5.32 Å². The Balaban J connectivity index is 2.25. The van der Waals surface area contributed by atoms with E-state index < -0.39 is 0 Å². The molecular formula is C18H27N3. The highest BCUT2D eigenvalue weighted by Gasteiger charge is 2.17. The molecule has 0 radical (unpaired) electrons. The van der Waals surface area contributed by atoms with Crippen LogP contribution in [-0.4, -0.2) is 16.3 Å². The van der Waals surface area contributed by atoms with Crippen LogP contribution in [0.5, 0.6) is 0 Å². The molecule has 3 heteroatoms. The SMILES string of the molecule is CCCNC(Cc1cc(C)cc(C)c1)c1cnn(C)c1C. The van der Waals surface area contributed by atoms with Crippen LogP contribution in [0.1, 0.15) is 47.3 Å². The van der Waals surface area contributed by atoms with Crippen LogP contribution in [0.25, 0.3) is 0 Å². The lowest BCUT2D eigenvalue weighted by atomic mass is 9.97. The van der Waals surface area contributed by atoms with E-state index in [-0.39, 0.29) is 0 Å². The number of rotatable bonds is 6. The molecule has 0 saturated heterocycles. The van der Waals surface area contributed by atoms with Gasteiger partial charge in [0, 0.05) is 24.3 Å². The van der Waals surface area contributed by atoms with Crippen molar-refractivity contribution in [3.05, 3.63) is 52.3 Å². The molecule has 3 nitrogen and oxygen atoms in total. The summed E-state index contributed by atoms with van der Waals surface area (Å²) in [4.78, 5) is 0. The summed E-state index contributed by atoms with van der Waals surface area (Å²) in [7, 11) is 2.01. The standard InChI is InChI=1S/C18H27N3/c1-6-7-19-18(17-12-20-21(5)15(17)4)11-16-9-13(2)8-14(3)10-16/h8-10,12,18-19H,6-7,11H2,1-5H3. The van der Waals surface area contributed by atoms with E-state index in [9.17, 15) is 0 Å². The lowest BCUT2D eigenvalue weighted by Gasteiger charge is -2.19. The maximum atomic E-state index is 4.40. The van der Waals surface area contributed by atoms with Crippen LogP contribution in [0.3, 0.4) is 0 Å². The van der Waals surface area contributed by atoms with Gasteiger partial charge in [-0.25, -0.2) is 0 Å². The Kier molecular flexibility index (Phi) is 5.18. The van der Waals surface area contributed by atoms with Gasteiger partial charge in [0.25, 0.3) is 0 Å². The molecule has 1 unspecified atom stereocenters. The average Bonchev–Trinajstić information content (AvgIpc) is 2.74. The van der Waals surface area contributed by atoms with E-state index in [1.54, 1.807) is 0 Å². The summed E-state index contributed by atoms with van der Waals surface area (Å²) in [5, 5.41) is 8.07. The lowest BCUT2D eigenvalue weighted by Crippen LogP contribution is -2.24. The van der Waals surface area contributed by atoms with Crippen LogP contribution >= 0.6 is 0 Å². The van der Waals surface area contributed by atoms with Gasteiger partial charge in [-0.3, -0.25) is 4.68 Å². The largest absolute Gasteiger partial charge is 0.310 e. The van der Waals surface area contributed by atoms with Crippen molar-refractivity contribution in [1.29, 1.82) is 0 Å². The van der Waals surface area contributed by atoms with Crippen LogP contribution in [-0.2, 0) is 13.5 Å².